The van der Waals surface area contributed by atoms with Crippen molar-refractivity contribution < 1.29 is 14.6 Å². The molecule has 0 amide bonds. The summed E-state index contributed by atoms with van der Waals surface area (Å²) in [6.07, 6.45) is 3.28. The third kappa shape index (κ3) is 4.26. The molecule has 0 aromatic heterocycles. The molecule has 1 aliphatic rings. The van der Waals surface area contributed by atoms with E-state index < -0.39 is 11.6 Å². The fraction of sp³-hybridized carbons (Fsp3) is 0.917. The number of esters is 1. The maximum atomic E-state index is 11.4. The van der Waals surface area contributed by atoms with Gasteiger partial charge in [-0.3, -0.25) is 4.90 Å². The van der Waals surface area contributed by atoms with E-state index in [0.29, 0.717) is 12.6 Å². The first kappa shape index (κ1) is 14.4. The van der Waals surface area contributed by atoms with Crippen LogP contribution in [-0.2, 0) is 9.53 Å². The minimum atomic E-state index is -1.43. The van der Waals surface area contributed by atoms with Gasteiger partial charge in [0.15, 0.2) is 5.60 Å². The summed E-state index contributed by atoms with van der Waals surface area (Å²) in [5, 5.41) is 13.4. The van der Waals surface area contributed by atoms with E-state index in [1.54, 1.807) is 0 Å². The number of rotatable bonds is 4. The number of ether oxygens (including phenoxy) is 1. The van der Waals surface area contributed by atoms with E-state index in [-0.39, 0.29) is 0 Å². The Balaban J connectivity index is 2.51. The molecule has 5 heteroatoms. The highest BCUT2D eigenvalue weighted by molar-refractivity contribution is 5.78. The van der Waals surface area contributed by atoms with Gasteiger partial charge in [0.2, 0.25) is 0 Å². The van der Waals surface area contributed by atoms with Crippen molar-refractivity contribution in [3.63, 3.8) is 0 Å². The van der Waals surface area contributed by atoms with Gasteiger partial charge >= 0.3 is 5.97 Å². The van der Waals surface area contributed by atoms with Gasteiger partial charge in [-0.25, -0.2) is 4.79 Å². The quantitative estimate of drug-likeness (QED) is 0.681. The molecular weight excluding hydrogens is 220 g/mol. The molecule has 0 bridgehead atoms. The number of carbonyl (C=O) groups excluding carboxylic acids is 1. The fourth-order valence-electron chi connectivity index (χ4n) is 2.34. The lowest BCUT2D eigenvalue weighted by Crippen LogP contribution is -2.49. The first-order valence-corrected chi connectivity index (χ1v) is 6.19. The molecule has 0 aromatic rings. The minimum absolute atomic E-state index is 0.310. The zero-order valence-corrected chi connectivity index (χ0v) is 11.0. The van der Waals surface area contributed by atoms with Gasteiger partial charge in [-0.2, -0.15) is 0 Å². The highest BCUT2D eigenvalue weighted by Gasteiger charge is 2.34. The second-order valence-electron chi connectivity index (χ2n) is 5.02. The average molecular weight is 244 g/mol. The van der Waals surface area contributed by atoms with Crippen molar-refractivity contribution in [3.8, 4) is 0 Å². The third-order valence-electron chi connectivity index (χ3n) is 3.35. The molecule has 1 saturated heterocycles. The van der Waals surface area contributed by atoms with Crippen LogP contribution in [0, 0.1) is 0 Å². The van der Waals surface area contributed by atoms with E-state index in [4.69, 9.17) is 0 Å². The number of hydrogen-bond donors (Lipinski definition) is 2. The van der Waals surface area contributed by atoms with Gasteiger partial charge in [-0.1, -0.05) is 0 Å². The number of aliphatic hydroxyl groups is 1. The number of carbonyl (C=O) groups is 1. The lowest BCUT2D eigenvalue weighted by Gasteiger charge is -2.32. The molecule has 0 aromatic carbocycles. The monoisotopic (exact) mass is 244 g/mol. The van der Waals surface area contributed by atoms with Crippen LogP contribution in [0.5, 0.6) is 0 Å². The molecule has 2 atom stereocenters. The lowest BCUT2D eigenvalue weighted by molar-refractivity contribution is -0.162. The molecule has 1 fully saturated rings. The number of methoxy groups -OCH3 is 1. The van der Waals surface area contributed by atoms with Crippen LogP contribution in [0.25, 0.3) is 0 Å². The topological polar surface area (TPSA) is 61.8 Å². The fourth-order valence-corrected chi connectivity index (χ4v) is 2.34. The molecule has 17 heavy (non-hydrogen) atoms. The predicted molar refractivity (Wildman–Crippen MR) is 65.8 cm³/mol. The number of likely N-dealkylation sites (N-methyl/N-ethyl adjacent to an activating group) is 1. The Morgan fingerprint density at radius 3 is 2.88 bits per heavy atom. The summed E-state index contributed by atoms with van der Waals surface area (Å²) in [6.45, 7) is 3.86. The van der Waals surface area contributed by atoms with Crippen LogP contribution < -0.4 is 5.32 Å². The van der Waals surface area contributed by atoms with Gasteiger partial charge in [0, 0.05) is 12.6 Å². The Morgan fingerprint density at radius 1 is 1.53 bits per heavy atom. The summed E-state index contributed by atoms with van der Waals surface area (Å²) in [6, 6.07) is 0.418. The molecule has 1 aliphatic heterocycles. The molecule has 2 N–H and O–H groups in total. The summed E-state index contributed by atoms with van der Waals surface area (Å²) < 4.78 is 4.60. The van der Waals surface area contributed by atoms with Crippen LogP contribution in [0.2, 0.25) is 0 Å². The second kappa shape index (κ2) is 6.33. The first-order valence-electron chi connectivity index (χ1n) is 6.19. The van der Waals surface area contributed by atoms with Gasteiger partial charge in [-0.05, 0) is 46.3 Å². The Labute approximate surface area is 103 Å². The van der Waals surface area contributed by atoms with E-state index >= 15 is 0 Å². The molecule has 0 radical (unpaired) electrons. The van der Waals surface area contributed by atoms with Gasteiger partial charge in [0.25, 0.3) is 0 Å². The number of hydrogen-bond acceptors (Lipinski definition) is 5. The zero-order valence-electron chi connectivity index (χ0n) is 11.0. The van der Waals surface area contributed by atoms with Crippen LogP contribution >= 0.6 is 0 Å². The lowest BCUT2D eigenvalue weighted by atomic mass is 10.0. The van der Waals surface area contributed by atoms with E-state index in [9.17, 15) is 9.90 Å². The average Bonchev–Trinajstić information content (AvgIpc) is 2.55. The predicted octanol–water partition coefficient (Wildman–Crippen LogP) is -0.0157. The normalized spacial score (nSPS) is 25.1. The SMILES string of the molecule is COC(=O)C(C)(O)CN(C)C1CCCNCC1. The van der Waals surface area contributed by atoms with Crippen molar-refractivity contribution in [1.82, 2.24) is 10.2 Å². The third-order valence-corrected chi connectivity index (χ3v) is 3.35. The Bertz CT molecular complexity index is 248. The van der Waals surface area contributed by atoms with Crippen molar-refractivity contribution in [2.24, 2.45) is 0 Å². The van der Waals surface area contributed by atoms with E-state index in [2.05, 4.69) is 15.0 Å². The summed E-state index contributed by atoms with van der Waals surface area (Å²) in [5.41, 5.74) is -1.43. The molecule has 5 nitrogen and oxygen atoms in total. The molecular formula is C12H24N2O3. The first-order chi connectivity index (χ1) is 7.97. The highest BCUT2D eigenvalue weighted by Crippen LogP contribution is 2.16. The van der Waals surface area contributed by atoms with Crippen LogP contribution in [-0.4, -0.2) is 61.4 Å². The van der Waals surface area contributed by atoms with Gasteiger partial charge in [-0.15, -0.1) is 0 Å². The van der Waals surface area contributed by atoms with Crippen molar-refractivity contribution in [1.29, 1.82) is 0 Å². The van der Waals surface area contributed by atoms with Crippen molar-refractivity contribution >= 4 is 5.97 Å². The van der Waals surface area contributed by atoms with Gasteiger partial charge in [0.1, 0.15) is 0 Å². The zero-order chi connectivity index (χ0) is 12.9. The van der Waals surface area contributed by atoms with Crippen LogP contribution in [0.4, 0.5) is 0 Å². The smallest absolute Gasteiger partial charge is 0.338 e. The van der Waals surface area contributed by atoms with Crippen molar-refractivity contribution in [2.45, 2.75) is 37.8 Å². The van der Waals surface area contributed by atoms with E-state index in [1.165, 1.54) is 14.0 Å². The molecule has 2 unspecified atom stereocenters. The maximum Gasteiger partial charge on any atom is 0.338 e. The summed E-state index contributed by atoms with van der Waals surface area (Å²) >= 11 is 0. The van der Waals surface area contributed by atoms with Gasteiger partial charge < -0.3 is 15.2 Å². The van der Waals surface area contributed by atoms with E-state index in [1.807, 2.05) is 7.05 Å². The van der Waals surface area contributed by atoms with Crippen molar-refractivity contribution in [3.05, 3.63) is 0 Å². The molecule has 0 spiro atoms. The molecule has 1 rings (SSSR count). The Kier molecular flexibility index (Phi) is 5.36. The van der Waals surface area contributed by atoms with Crippen LogP contribution in [0.15, 0.2) is 0 Å². The molecule has 100 valence electrons. The molecule has 0 saturated carbocycles. The van der Waals surface area contributed by atoms with Crippen molar-refractivity contribution in [2.75, 3.05) is 33.8 Å². The van der Waals surface area contributed by atoms with Crippen LogP contribution in [0.1, 0.15) is 26.2 Å². The standard InChI is InChI=1S/C12H24N2O3/c1-12(16,11(15)17-3)9-14(2)10-5-4-7-13-8-6-10/h10,13,16H,4-9H2,1-3H3. The van der Waals surface area contributed by atoms with Gasteiger partial charge in [0.05, 0.1) is 7.11 Å². The second-order valence-corrected chi connectivity index (χ2v) is 5.02. The molecule has 0 aliphatic carbocycles. The number of nitrogens with one attached hydrogen (secondary N) is 1. The minimum Gasteiger partial charge on any atom is -0.467 e. The maximum absolute atomic E-state index is 11.4. The highest BCUT2D eigenvalue weighted by atomic mass is 16.5. The Hall–Kier alpha value is -0.650. The summed E-state index contributed by atoms with van der Waals surface area (Å²) in [7, 11) is 3.25. The summed E-state index contributed by atoms with van der Waals surface area (Å²) in [4.78, 5) is 13.5. The Morgan fingerprint density at radius 2 is 2.24 bits per heavy atom. The van der Waals surface area contributed by atoms with E-state index in [0.717, 1.165) is 32.4 Å². The number of nitrogens with zero attached hydrogens (tertiary/aromatic N) is 1. The molecule has 1 heterocycles. The largest absolute Gasteiger partial charge is 0.467 e. The van der Waals surface area contributed by atoms with Crippen LogP contribution in [0.3, 0.4) is 0 Å². The summed E-state index contributed by atoms with van der Waals surface area (Å²) in [5.74, 6) is -0.573.